The zero-order chi connectivity index (χ0) is 20.4. The first-order chi connectivity index (χ1) is 14.1. The van der Waals surface area contributed by atoms with E-state index >= 15 is 0 Å². The van der Waals surface area contributed by atoms with E-state index in [2.05, 4.69) is 14.9 Å². The molecule has 0 spiro atoms. The molecule has 1 aromatic carbocycles. The van der Waals surface area contributed by atoms with Gasteiger partial charge in [0.2, 0.25) is 5.95 Å². The van der Waals surface area contributed by atoms with Crippen molar-refractivity contribution < 1.29 is 19.4 Å². The smallest absolute Gasteiger partial charge is 0.337 e. The van der Waals surface area contributed by atoms with Crippen molar-refractivity contribution in [1.82, 2.24) is 9.97 Å². The number of fused-ring (bicyclic) bond motifs is 1. The zero-order valence-electron chi connectivity index (χ0n) is 16.5. The van der Waals surface area contributed by atoms with Gasteiger partial charge in [0.25, 0.3) is 0 Å². The highest BCUT2D eigenvalue weighted by molar-refractivity contribution is 7.98. The van der Waals surface area contributed by atoms with E-state index in [1.165, 1.54) is 7.11 Å². The van der Waals surface area contributed by atoms with Gasteiger partial charge in [-0.15, -0.1) is 11.8 Å². The van der Waals surface area contributed by atoms with Crippen molar-refractivity contribution >= 4 is 23.7 Å². The van der Waals surface area contributed by atoms with Gasteiger partial charge in [0.15, 0.2) is 0 Å². The highest BCUT2D eigenvalue weighted by Gasteiger charge is 2.43. The SMILES string of the molecule is COC(=O)c1cccc(O[C@@H]2C[C@@H]3CN(c4nccc(SC)n4)C[C@@H]3C[C@H]2O)c1. The number of aliphatic hydroxyl groups excluding tert-OH is 1. The minimum absolute atomic E-state index is 0.303. The second-order valence-electron chi connectivity index (χ2n) is 7.54. The summed E-state index contributed by atoms with van der Waals surface area (Å²) in [4.78, 5) is 23.0. The maximum absolute atomic E-state index is 11.7. The van der Waals surface area contributed by atoms with Crippen molar-refractivity contribution in [2.45, 2.75) is 30.1 Å². The average Bonchev–Trinajstić information content (AvgIpc) is 3.16. The van der Waals surface area contributed by atoms with E-state index in [1.807, 2.05) is 12.3 Å². The Bertz CT molecular complexity index is 881. The number of benzene rings is 1. The van der Waals surface area contributed by atoms with E-state index in [1.54, 1.807) is 42.2 Å². The molecule has 1 aromatic heterocycles. The van der Waals surface area contributed by atoms with Gasteiger partial charge < -0.3 is 19.5 Å². The van der Waals surface area contributed by atoms with Crippen LogP contribution in [0.2, 0.25) is 0 Å². The van der Waals surface area contributed by atoms with Gasteiger partial charge in [-0.05, 0) is 55.2 Å². The molecule has 1 saturated carbocycles. The van der Waals surface area contributed by atoms with Crippen LogP contribution in [0.25, 0.3) is 0 Å². The maximum Gasteiger partial charge on any atom is 0.337 e. The predicted molar refractivity (Wildman–Crippen MR) is 110 cm³/mol. The van der Waals surface area contributed by atoms with Gasteiger partial charge in [-0.3, -0.25) is 0 Å². The van der Waals surface area contributed by atoms with Crippen LogP contribution in [-0.2, 0) is 4.74 Å². The first kappa shape index (κ1) is 20.0. The Balaban J connectivity index is 1.43. The topological polar surface area (TPSA) is 84.8 Å². The van der Waals surface area contributed by atoms with Crippen LogP contribution in [0.1, 0.15) is 23.2 Å². The van der Waals surface area contributed by atoms with Gasteiger partial charge in [-0.25, -0.2) is 14.8 Å². The minimum Gasteiger partial charge on any atom is -0.488 e. The fourth-order valence-electron chi connectivity index (χ4n) is 4.27. The number of thioether (sulfide) groups is 1. The number of nitrogens with zero attached hydrogens (tertiary/aromatic N) is 3. The molecular formula is C21H25N3O4S. The minimum atomic E-state index is -0.545. The molecule has 4 rings (SSSR count). The molecule has 4 atom stereocenters. The molecule has 2 aromatic rings. The van der Waals surface area contributed by atoms with Crippen molar-refractivity contribution in [2.24, 2.45) is 11.8 Å². The number of hydrogen-bond acceptors (Lipinski definition) is 8. The molecule has 154 valence electrons. The van der Waals surface area contributed by atoms with E-state index < -0.39 is 12.1 Å². The molecule has 29 heavy (non-hydrogen) atoms. The lowest BCUT2D eigenvalue weighted by atomic mass is 9.78. The first-order valence-electron chi connectivity index (χ1n) is 9.72. The molecule has 2 fully saturated rings. The van der Waals surface area contributed by atoms with Crippen molar-refractivity contribution in [1.29, 1.82) is 0 Å². The second kappa shape index (κ2) is 8.59. The lowest BCUT2D eigenvalue weighted by Crippen LogP contribution is -2.42. The number of ether oxygens (including phenoxy) is 2. The Morgan fingerprint density at radius 1 is 1.24 bits per heavy atom. The third-order valence-electron chi connectivity index (χ3n) is 5.74. The maximum atomic E-state index is 11.7. The summed E-state index contributed by atoms with van der Waals surface area (Å²) in [7, 11) is 1.35. The predicted octanol–water partition coefficient (Wildman–Crippen LogP) is 2.64. The zero-order valence-corrected chi connectivity index (χ0v) is 17.3. The summed E-state index contributed by atoms with van der Waals surface area (Å²) in [5.74, 6) is 1.73. The summed E-state index contributed by atoms with van der Waals surface area (Å²) in [6, 6.07) is 8.81. The lowest BCUT2D eigenvalue weighted by molar-refractivity contribution is -0.0231. The fraction of sp³-hybridized carbons (Fsp3) is 0.476. The molecular weight excluding hydrogens is 390 g/mol. The summed E-state index contributed by atoms with van der Waals surface area (Å²) in [6.45, 7) is 1.71. The van der Waals surface area contributed by atoms with E-state index in [4.69, 9.17) is 9.47 Å². The van der Waals surface area contributed by atoms with Gasteiger partial charge in [-0.2, -0.15) is 0 Å². The monoisotopic (exact) mass is 415 g/mol. The summed E-state index contributed by atoms with van der Waals surface area (Å²) in [6.07, 6.45) is 4.39. The molecule has 0 amide bonds. The summed E-state index contributed by atoms with van der Waals surface area (Å²) >= 11 is 1.60. The third-order valence-corrected chi connectivity index (χ3v) is 6.38. The largest absolute Gasteiger partial charge is 0.488 e. The van der Waals surface area contributed by atoms with Crippen LogP contribution in [0.15, 0.2) is 41.6 Å². The molecule has 1 saturated heterocycles. The Kier molecular flexibility index (Phi) is 5.91. The van der Waals surface area contributed by atoms with Crippen molar-refractivity contribution in [2.75, 3.05) is 31.4 Å². The Hall–Kier alpha value is -2.32. The number of esters is 1. The molecule has 8 heteroatoms. The van der Waals surface area contributed by atoms with Crippen LogP contribution in [0.5, 0.6) is 5.75 Å². The number of anilines is 1. The summed E-state index contributed by atoms with van der Waals surface area (Å²) in [5, 5.41) is 11.6. The number of methoxy groups -OCH3 is 1. The lowest BCUT2D eigenvalue weighted by Gasteiger charge is -2.35. The second-order valence-corrected chi connectivity index (χ2v) is 8.37. The number of rotatable bonds is 5. The van der Waals surface area contributed by atoms with E-state index in [-0.39, 0.29) is 6.10 Å². The Morgan fingerprint density at radius 3 is 2.79 bits per heavy atom. The van der Waals surface area contributed by atoms with E-state index in [0.29, 0.717) is 29.6 Å². The van der Waals surface area contributed by atoms with Crippen molar-refractivity contribution in [3.05, 3.63) is 42.1 Å². The fourth-order valence-corrected chi connectivity index (χ4v) is 4.64. The van der Waals surface area contributed by atoms with Crippen LogP contribution in [-0.4, -0.2) is 59.7 Å². The number of aliphatic hydroxyl groups is 1. The molecule has 1 aliphatic heterocycles. The normalized spacial score (nSPS) is 26.1. The van der Waals surface area contributed by atoms with Crippen molar-refractivity contribution in [3.8, 4) is 5.75 Å². The van der Waals surface area contributed by atoms with Crippen molar-refractivity contribution in [3.63, 3.8) is 0 Å². The molecule has 2 aliphatic rings. The molecule has 2 heterocycles. The number of carbonyl (C=O) groups is 1. The Morgan fingerprint density at radius 2 is 2.03 bits per heavy atom. The number of carbonyl (C=O) groups excluding carboxylic acids is 1. The van der Waals surface area contributed by atoms with Gasteiger partial charge >= 0.3 is 5.97 Å². The van der Waals surface area contributed by atoms with Crippen LogP contribution in [0, 0.1) is 11.8 Å². The van der Waals surface area contributed by atoms with Crippen LogP contribution in [0.3, 0.4) is 0 Å². The van der Waals surface area contributed by atoms with Gasteiger partial charge in [0.05, 0.1) is 18.8 Å². The van der Waals surface area contributed by atoms with Crippen LogP contribution in [0.4, 0.5) is 5.95 Å². The van der Waals surface area contributed by atoms with E-state index in [0.717, 1.165) is 30.5 Å². The molecule has 7 nitrogen and oxygen atoms in total. The third kappa shape index (κ3) is 4.33. The van der Waals surface area contributed by atoms with Gasteiger partial charge in [-0.1, -0.05) is 6.07 Å². The highest BCUT2D eigenvalue weighted by Crippen LogP contribution is 2.39. The standard InChI is InChI=1S/C21H25N3O4S/c1-27-20(26)13-4-3-5-16(8-13)28-18-10-15-12-24(11-14(15)9-17(18)25)21-22-7-6-19(23-21)29-2/h3-8,14-15,17-18,25H,9-12H2,1-2H3/t14-,15+,17+,18+/m0/s1. The van der Waals surface area contributed by atoms with Gasteiger partial charge in [0, 0.05) is 19.3 Å². The molecule has 1 N–H and O–H groups in total. The summed E-state index contributed by atoms with van der Waals surface area (Å²) in [5.41, 5.74) is 0.436. The van der Waals surface area contributed by atoms with E-state index in [9.17, 15) is 9.90 Å². The molecule has 0 bridgehead atoms. The quantitative estimate of drug-likeness (QED) is 0.453. The molecule has 1 aliphatic carbocycles. The molecule has 0 unspecified atom stereocenters. The van der Waals surface area contributed by atoms with Crippen LogP contribution >= 0.6 is 11.8 Å². The van der Waals surface area contributed by atoms with Crippen LogP contribution < -0.4 is 9.64 Å². The molecule has 0 radical (unpaired) electrons. The first-order valence-corrected chi connectivity index (χ1v) is 10.9. The Labute approximate surface area is 174 Å². The average molecular weight is 416 g/mol. The number of hydrogen-bond donors (Lipinski definition) is 1. The van der Waals surface area contributed by atoms with Gasteiger partial charge in [0.1, 0.15) is 16.9 Å². The highest BCUT2D eigenvalue weighted by atomic mass is 32.2. The number of aromatic nitrogens is 2. The summed E-state index contributed by atoms with van der Waals surface area (Å²) < 4.78 is 10.8.